The minimum atomic E-state index is 0.334. The van der Waals surface area contributed by atoms with Crippen molar-refractivity contribution in [1.82, 2.24) is 9.80 Å². The minimum absolute atomic E-state index is 0.334. The first-order valence-electron chi connectivity index (χ1n) is 6.96. The molecule has 0 radical (unpaired) electrons. The van der Waals surface area contributed by atoms with Crippen molar-refractivity contribution in [1.29, 1.82) is 0 Å². The molecule has 2 fully saturated rings. The Bertz CT molecular complexity index is 279. The third-order valence-corrected chi connectivity index (χ3v) is 4.57. The molecule has 17 heavy (non-hydrogen) atoms. The summed E-state index contributed by atoms with van der Waals surface area (Å²) in [6.07, 6.45) is 6.03. The number of ketones is 1. The summed E-state index contributed by atoms with van der Waals surface area (Å²) in [5.41, 5.74) is 0. The lowest BCUT2D eigenvalue weighted by molar-refractivity contribution is -0.117. The van der Waals surface area contributed by atoms with Crippen LogP contribution in [0, 0.1) is 5.92 Å². The molecule has 3 heteroatoms. The molecule has 0 saturated carbocycles. The highest BCUT2D eigenvalue weighted by molar-refractivity contribution is 5.76. The van der Waals surface area contributed by atoms with E-state index < -0.39 is 0 Å². The number of rotatable bonds is 4. The number of nitrogens with zero attached hydrogens (tertiary/aromatic N) is 2. The minimum Gasteiger partial charge on any atom is -0.303 e. The highest BCUT2D eigenvalue weighted by Crippen LogP contribution is 2.31. The van der Waals surface area contributed by atoms with Gasteiger partial charge in [0, 0.05) is 25.0 Å². The molecule has 0 aromatic rings. The Morgan fingerprint density at radius 1 is 1.24 bits per heavy atom. The molecule has 3 atom stereocenters. The molecule has 0 bridgehead atoms. The predicted molar refractivity (Wildman–Crippen MR) is 70.1 cm³/mol. The van der Waals surface area contributed by atoms with Crippen molar-refractivity contribution in [2.45, 2.75) is 51.1 Å². The van der Waals surface area contributed by atoms with Crippen molar-refractivity contribution in [3.8, 4) is 0 Å². The monoisotopic (exact) mass is 238 g/mol. The molecule has 0 aliphatic carbocycles. The van der Waals surface area contributed by atoms with E-state index in [0.717, 1.165) is 18.4 Å². The quantitative estimate of drug-likeness (QED) is 0.746. The van der Waals surface area contributed by atoms with Crippen LogP contribution in [0.5, 0.6) is 0 Å². The molecule has 0 aromatic heterocycles. The number of hydrogen-bond acceptors (Lipinski definition) is 3. The van der Waals surface area contributed by atoms with Crippen LogP contribution in [0.4, 0.5) is 0 Å². The van der Waals surface area contributed by atoms with E-state index >= 15 is 0 Å². The van der Waals surface area contributed by atoms with E-state index in [2.05, 4.69) is 23.9 Å². The van der Waals surface area contributed by atoms with E-state index in [1.165, 1.54) is 38.8 Å². The molecule has 0 aromatic carbocycles. The van der Waals surface area contributed by atoms with Crippen LogP contribution in [-0.4, -0.2) is 54.9 Å². The van der Waals surface area contributed by atoms with Gasteiger partial charge in [-0.25, -0.2) is 0 Å². The Morgan fingerprint density at radius 3 is 2.59 bits per heavy atom. The average Bonchev–Trinajstić information content (AvgIpc) is 2.76. The van der Waals surface area contributed by atoms with Crippen molar-refractivity contribution in [3.63, 3.8) is 0 Å². The molecule has 0 unspecified atom stereocenters. The van der Waals surface area contributed by atoms with Gasteiger partial charge in [0.25, 0.3) is 0 Å². The lowest BCUT2D eigenvalue weighted by Gasteiger charge is -2.22. The molecule has 0 amide bonds. The number of likely N-dealkylation sites (tertiary alicyclic amines) is 2. The van der Waals surface area contributed by atoms with Gasteiger partial charge >= 0.3 is 0 Å². The van der Waals surface area contributed by atoms with Crippen molar-refractivity contribution in [2.24, 2.45) is 5.92 Å². The fraction of sp³-hybridized carbons (Fsp3) is 0.929. The van der Waals surface area contributed by atoms with Crippen LogP contribution < -0.4 is 0 Å². The van der Waals surface area contributed by atoms with Crippen LogP contribution in [-0.2, 0) is 4.79 Å². The zero-order valence-electron chi connectivity index (χ0n) is 11.5. The van der Waals surface area contributed by atoms with Gasteiger partial charge in [-0.05, 0) is 59.2 Å². The highest BCUT2D eigenvalue weighted by Gasteiger charge is 2.33. The zero-order chi connectivity index (χ0) is 12.4. The second-order valence-corrected chi connectivity index (χ2v) is 6.11. The molecule has 98 valence electrons. The first-order chi connectivity index (χ1) is 8.06. The smallest absolute Gasteiger partial charge is 0.131 e. The number of hydrogen-bond donors (Lipinski definition) is 0. The lowest BCUT2D eigenvalue weighted by atomic mass is 9.94. The van der Waals surface area contributed by atoms with E-state index in [4.69, 9.17) is 0 Å². The summed E-state index contributed by atoms with van der Waals surface area (Å²) >= 11 is 0. The van der Waals surface area contributed by atoms with Crippen molar-refractivity contribution in [2.75, 3.05) is 27.2 Å². The number of Topliss-reactive ketones (excluding diaryl/α,β-unsaturated/α-hetero) is 1. The molecule has 2 aliphatic heterocycles. The molecule has 2 heterocycles. The van der Waals surface area contributed by atoms with Crippen LogP contribution in [0.15, 0.2) is 0 Å². The molecule has 0 spiro atoms. The largest absolute Gasteiger partial charge is 0.303 e. The topological polar surface area (TPSA) is 23.6 Å². The van der Waals surface area contributed by atoms with Gasteiger partial charge in [-0.2, -0.15) is 0 Å². The van der Waals surface area contributed by atoms with Crippen LogP contribution in [0.3, 0.4) is 0 Å². The number of carbonyl (C=O) groups is 1. The third kappa shape index (κ3) is 3.29. The van der Waals surface area contributed by atoms with E-state index in [0.29, 0.717) is 11.8 Å². The van der Waals surface area contributed by atoms with Gasteiger partial charge < -0.3 is 9.80 Å². The van der Waals surface area contributed by atoms with Crippen LogP contribution in [0.25, 0.3) is 0 Å². The molecule has 3 nitrogen and oxygen atoms in total. The van der Waals surface area contributed by atoms with Crippen LogP contribution >= 0.6 is 0 Å². The second-order valence-electron chi connectivity index (χ2n) is 6.11. The predicted octanol–water partition coefficient (Wildman–Crippen LogP) is 1.77. The third-order valence-electron chi connectivity index (χ3n) is 4.57. The summed E-state index contributed by atoms with van der Waals surface area (Å²) in [7, 11) is 4.43. The van der Waals surface area contributed by atoms with Crippen LogP contribution in [0.1, 0.15) is 39.0 Å². The van der Waals surface area contributed by atoms with E-state index in [1.54, 1.807) is 6.92 Å². The van der Waals surface area contributed by atoms with Crippen molar-refractivity contribution < 1.29 is 4.79 Å². The first-order valence-corrected chi connectivity index (χ1v) is 6.96. The van der Waals surface area contributed by atoms with Gasteiger partial charge in [0.1, 0.15) is 5.78 Å². The SMILES string of the molecule is CC(=O)C[C@H]1C[C@H](C[C@H]2CCCN2C)CN1C. The standard InChI is InChI=1S/C14H26N2O/c1-11(17)7-14-9-12(10-16(14)3)8-13-5-4-6-15(13)2/h12-14H,4-10H2,1-3H3/t12-,13+,14-/m0/s1. The fourth-order valence-corrected chi connectivity index (χ4v) is 3.60. The van der Waals surface area contributed by atoms with E-state index in [-0.39, 0.29) is 0 Å². The Labute approximate surface area is 105 Å². The fourth-order valence-electron chi connectivity index (χ4n) is 3.60. The maximum absolute atomic E-state index is 11.2. The van der Waals surface area contributed by atoms with Gasteiger partial charge in [0.15, 0.2) is 0 Å². The Morgan fingerprint density at radius 2 is 2.00 bits per heavy atom. The molecular weight excluding hydrogens is 212 g/mol. The van der Waals surface area contributed by atoms with Crippen molar-refractivity contribution >= 4 is 5.78 Å². The molecule has 0 N–H and O–H groups in total. The molecule has 2 rings (SSSR count). The summed E-state index contributed by atoms with van der Waals surface area (Å²) < 4.78 is 0. The Balaban J connectivity index is 1.82. The first kappa shape index (κ1) is 13.0. The number of carbonyl (C=O) groups excluding carboxylic acids is 1. The van der Waals surface area contributed by atoms with Gasteiger partial charge in [-0.3, -0.25) is 4.79 Å². The second kappa shape index (κ2) is 5.49. The van der Waals surface area contributed by atoms with Gasteiger partial charge in [0.2, 0.25) is 0 Å². The highest BCUT2D eigenvalue weighted by atomic mass is 16.1. The zero-order valence-corrected chi connectivity index (χ0v) is 11.5. The summed E-state index contributed by atoms with van der Waals surface area (Å²) in [5.74, 6) is 1.13. The maximum Gasteiger partial charge on any atom is 0.131 e. The maximum atomic E-state index is 11.2. The van der Waals surface area contributed by atoms with E-state index in [9.17, 15) is 4.79 Å². The van der Waals surface area contributed by atoms with Gasteiger partial charge in [-0.1, -0.05) is 0 Å². The summed E-state index contributed by atoms with van der Waals surface area (Å²) in [5, 5.41) is 0. The normalized spacial score (nSPS) is 35.6. The van der Waals surface area contributed by atoms with Crippen LogP contribution in [0.2, 0.25) is 0 Å². The van der Waals surface area contributed by atoms with E-state index in [1.807, 2.05) is 0 Å². The summed E-state index contributed by atoms with van der Waals surface area (Å²) in [6.45, 7) is 4.16. The Hall–Kier alpha value is -0.410. The molecular formula is C14H26N2O. The molecule has 2 saturated heterocycles. The molecule has 2 aliphatic rings. The summed E-state index contributed by atoms with van der Waals surface area (Å²) in [4.78, 5) is 16.1. The Kier molecular flexibility index (Phi) is 4.21. The lowest BCUT2D eigenvalue weighted by Crippen LogP contribution is -2.28. The average molecular weight is 238 g/mol. The van der Waals surface area contributed by atoms with Crippen molar-refractivity contribution in [3.05, 3.63) is 0 Å². The van der Waals surface area contributed by atoms with Gasteiger partial charge in [-0.15, -0.1) is 0 Å². The van der Waals surface area contributed by atoms with Gasteiger partial charge in [0.05, 0.1) is 0 Å². The summed E-state index contributed by atoms with van der Waals surface area (Å²) in [6, 6.07) is 1.30.